The first-order chi connectivity index (χ1) is 20.8. The van der Waals surface area contributed by atoms with Crippen molar-refractivity contribution in [2.24, 2.45) is 0 Å². The fourth-order valence-corrected chi connectivity index (χ4v) is 6.44. The summed E-state index contributed by atoms with van der Waals surface area (Å²) in [6, 6.07) is 48.0. The first-order valence-electron chi connectivity index (χ1n) is 13.8. The Hall–Kier alpha value is -6.10. The normalized spacial score (nSPS) is 11.3. The van der Waals surface area contributed by atoms with Gasteiger partial charge in [-0.2, -0.15) is 5.26 Å². The zero-order chi connectivity index (χ0) is 28.2. The smallest absolute Gasteiger partial charge is 0.211 e. The molecule has 0 fully saturated rings. The first-order valence-corrected chi connectivity index (χ1v) is 13.8. The van der Waals surface area contributed by atoms with E-state index in [2.05, 4.69) is 117 Å². The fourth-order valence-electron chi connectivity index (χ4n) is 6.44. The van der Waals surface area contributed by atoms with E-state index in [1.807, 2.05) is 18.2 Å². The van der Waals surface area contributed by atoms with Gasteiger partial charge in [0.2, 0.25) is 5.69 Å². The van der Waals surface area contributed by atoms with E-state index in [9.17, 15) is 5.26 Å². The van der Waals surface area contributed by atoms with Crippen molar-refractivity contribution in [3.8, 4) is 28.6 Å². The molecule has 0 amide bonds. The Balaban J connectivity index is 1.45. The van der Waals surface area contributed by atoms with Gasteiger partial charge in [-0.1, -0.05) is 84.9 Å². The molecule has 0 saturated heterocycles. The number of fused-ring (bicyclic) bond motifs is 6. The number of nitriles is 1. The molecule has 4 heteroatoms. The van der Waals surface area contributed by atoms with Crippen molar-refractivity contribution in [3.63, 3.8) is 0 Å². The lowest BCUT2D eigenvalue weighted by atomic mass is 9.98. The summed E-state index contributed by atoms with van der Waals surface area (Å²) in [4.78, 5) is 3.78. The van der Waals surface area contributed by atoms with Gasteiger partial charge in [-0.05, 0) is 59.7 Å². The highest BCUT2D eigenvalue weighted by Crippen LogP contribution is 2.42. The van der Waals surface area contributed by atoms with Gasteiger partial charge in [0.25, 0.3) is 0 Å². The molecule has 0 aliphatic carbocycles. The van der Waals surface area contributed by atoms with Crippen LogP contribution >= 0.6 is 0 Å². The number of para-hydroxylation sites is 4. The molecule has 194 valence electrons. The molecule has 0 aliphatic rings. The Morgan fingerprint density at radius 1 is 0.571 bits per heavy atom. The van der Waals surface area contributed by atoms with Crippen LogP contribution in [0.3, 0.4) is 0 Å². The summed E-state index contributed by atoms with van der Waals surface area (Å²) in [6.45, 7) is 7.83. The van der Waals surface area contributed by atoms with Crippen molar-refractivity contribution in [1.82, 2.24) is 9.13 Å². The van der Waals surface area contributed by atoms with Gasteiger partial charge >= 0.3 is 0 Å². The van der Waals surface area contributed by atoms with Gasteiger partial charge < -0.3 is 9.13 Å². The Kier molecular flexibility index (Phi) is 5.22. The summed E-state index contributed by atoms with van der Waals surface area (Å²) in [6.07, 6.45) is 0. The molecule has 0 unspecified atom stereocenters. The van der Waals surface area contributed by atoms with E-state index >= 15 is 0 Å². The molecule has 8 rings (SSSR count). The molecule has 0 aliphatic heterocycles. The largest absolute Gasteiger partial charge is 0.318 e. The molecule has 0 atom stereocenters. The van der Waals surface area contributed by atoms with Gasteiger partial charge in [-0.3, -0.25) is 0 Å². The minimum Gasteiger partial charge on any atom is -0.318 e. The highest BCUT2D eigenvalue weighted by Gasteiger charge is 2.20. The molecule has 0 saturated carbocycles. The standard InChI is InChI=1S/C38H22N4/c1-40-32-17-9-11-26(24-39)38(32)42-33-18-7-5-14-29(33)31-23-25(21-22-35(31)42)28-16-10-20-36-37(28)30-15-6-8-19-34(30)41(36)27-12-3-2-4-13-27/h2-23H. The lowest BCUT2D eigenvalue weighted by Crippen LogP contribution is -1.97. The predicted octanol–water partition coefficient (Wildman–Crippen LogP) is 9.97. The molecule has 4 nitrogen and oxygen atoms in total. The average molecular weight is 535 g/mol. The highest BCUT2D eigenvalue weighted by molar-refractivity contribution is 6.17. The molecule has 0 radical (unpaired) electrons. The molecule has 2 aromatic heterocycles. The Bertz CT molecular complexity index is 2400. The third-order valence-corrected chi connectivity index (χ3v) is 8.17. The quantitative estimate of drug-likeness (QED) is 0.208. The van der Waals surface area contributed by atoms with Crippen molar-refractivity contribution in [1.29, 1.82) is 5.26 Å². The highest BCUT2D eigenvalue weighted by atomic mass is 15.0. The SMILES string of the molecule is [C-]#[N+]c1cccc(C#N)c1-n1c2ccccc2c2cc(-c3cccc4c3c3ccccc3n4-c3ccccc3)ccc21. The van der Waals surface area contributed by atoms with E-state index in [1.165, 1.54) is 16.3 Å². The van der Waals surface area contributed by atoms with Crippen LogP contribution in [-0.2, 0) is 0 Å². The second-order valence-electron chi connectivity index (χ2n) is 10.4. The first kappa shape index (κ1) is 23.8. The van der Waals surface area contributed by atoms with Crippen molar-refractivity contribution in [2.75, 3.05) is 0 Å². The van der Waals surface area contributed by atoms with Crippen LogP contribution in [-0.4, -0.2) is 9.13 Å². The summed E-state index contributed by atoms with van der Waals surface area (Å²) in [5.74, 6) is 0. The summed E-state index contributed by atoms with van der Waals surface area (Å²) in [7, 11) is 0. The minimum absolute atomic E-state index is 0.458. The van der Waals surface area contributed by atoms with Crippen molar-refractivity contribution in [2.45, 2.75) is 0 Å². The number of rotatable bonds is 3. The molecule has 8 aromatic rings. The molecular formula is C38H22N4. The van der Waals surface area contributed by atoms with Crippen LogP contribution in [0, 0.1) is 17.9 Å². The second kappa shape index (κ2) is 9.24. The van der Waals surface area contributed by atoms with Crippen LogP contribution in [0.5, 0.6) is 0 Å². The number of hydrogen-bond acceptors (Lipinski definition) is 1. The molecular weight excluding hydrogens is 512 g/mol. The lowest BCUT2D eigenvalue weighted by Gasteiger charge is -2.12. The van der Waals surface area contributed by atoms with Gasteiger partial charge in [0.15, 0.2) is 0 Å². The summed E-state index contributed by atoms with van der Waals surface area (Å²) in [5, 5.41) is 14.6. The number of nitrogens with zero attached hydrogens (tertiary/aromatic N) is 4. The maximum atomic E-state index is 9.98. The van der Waals surface area contributed by atoms with E-state index in [0.29, 0.717) is 16.9 Å². The third kappa shape index (κ3) is 3.33. The molecule has 2 heterocycles. The maximum Gasteiger partial charge on any atom is 0.211 e. The Morgan fingerprint density at radius 2 is 1.24 bits per heavy atom. The van der Waals surface area contributed by atoms with E-state index in [-0.39, 0.29) is 0 Å². The summed E-state index contributed by atoms with van der Waals surface area (Å²) in [5.41, 5.74) is 9.24. The van der Waals surface area contributed by atoms with Gasteiger partial charge in [-0.25, -0.2) is 4.85 Å². The summed E-state index contributed by atoms with van der Waals surface area (Å²) < 4.78 is 4.41. The second-order valence-corrected chi connectivity index (χ2v) is 10.4. The van der Waals surface area contributed by atoms with Crippen LogP contribution in [0.15, 0.2) is 133 Å². The monoisotopic (exact) mass is 534 g/mol. The van der Waals surface area contributed by atoms with Crippen LogP contribution in [0.1, 0.15) is 5.56 Å². The van der Waals surface area contributed by atoms with Gasteiger partial charge in [0.1, 0.15) is 0 Å². The van der Waals surface area contributed by atoms with Crippen molar-refractivity contribution >= 4 is 49.3 Å². The average Bonchev–Trinajstić information content (AvgIpc) is 3.57. The number of hydrogen-bond donors (Lipinski definition) is 0. The number of benzene rings is 6. The van der Waals surface area contributed by atoms with Crippen LogP contribution in [0.4, 0.5) is 5.69 Å². The van der Waals surface area contributed by atoms with E-state index in [0.717, 1.165) is 44.1 Å². The van der Waals surface area contributed by atoms with Gasteiger partial charge in [0.05, 0.1) is 46.0 Å². The zero-order valence-electron chi connectivity index (χ0n) is 22.5. The Labute approximate surface area is 242 Å². The third-order valence-electron chi connectivity index (χ3n) is 8.17. The molecule has 0 spiro atoms. The Morgan fingerprint density at radius 3 is 2.02 bits per heavy atom. The van der Waals surface area contributed by atoms with Gasteiger partial charge in [-0.15, -0.1) is 0 Å². The van der Waals surface area contributed by atoms with Crippen LogP contribution < -0.4 is 0 Å². The predicted molar refractivity (Wildman–Crippen MR) is 172 cm³/mol. The molecule has 42 heavy (non-hydrogen) atoms. The van der Waals surface area contributed by atoms with Crippen LogP contribution in [0.2, 0.25) is 0 Å². The van der Waals surface area contributed by atoms with E-state index < -0.39 is 0 Å². The van der Waals surface area contributed by atoms with Crippen molar-refractivity contribution in [3.05, 3.63) is 150 Å². The van der Waals surface area contributed by atoms with E-state index in [1.54, 1.807) is 18.2 Å². The molecule has 0 N–H and O–H groups in total. The minimum atomic E-state index is 0.458. The number of aromatic nitrogens is 2. The molecule has 0 bridgehead atoms. The zero-order valence-corrected chi connectivity index (χ0v) is 22.5. The maximum absolute atomic E-state index is 9.98. The van der Waals surface area contributed by atoms with E-state index in [4.69, 9.17) is 6.57 Å². The lowest BCUT2D eigenvalue weighted by molar-refractivity contribution is 1.17. The molecule has 6 aromatic carbocycles. The summed E-state index contributed by atoms with van der Waals surface area (Å²) >= 11 is 0. The fraction of sp³-hybridized carbons (Fsp3) is 0. The van der Waals surface area contributed by atoms with Crippen LogP contribution in [0.25, 0.3) is 71.0 Å². The topological polar surface area (TPSA) is 38.0 Å². The van der Waals surface area contributed by atoms with Gasteiger partial charge in [0, 0.05) is 27.2 Å². The van der Waals surface area contributed by atoms with Crippen molar-refractivity contribution < 1.29 is 0 Å².